The Balaban J connectivity index is 1.40. The lowest BCUT2D eigenvalue weighted by Crippen LogP contribution is -2.33. The smallest absolute Gasteiger partial charge is 0.232 e. The van der Waals surface area contributed by atoms with Gasteiger partial charge in [0.05, 0.1) is 18.3 Å². The third-order valence-corrected chi connectivity index (χ3v) is 5.50. The van der Waals surface area contributed by atoms with Crippen LogP contribution in [0.1, 0.15) is 35.6 Å². The van der Waals surface area contributed by atoms with Gasteiger partial charge in [-0.3, -0.25) is 4.79 Å². The van der Waals surface area contributed by atoms with Crippen molar-refractivity contribution in [2.75, 3.05) is 0 Å². The van der Waals surface area contributed by atoms with Crippen LogP contribution in [0, 0.1) is 0 Å². The lowest BCUT2D eigenvalue weighted by Gasteiger charge is -2.28. The fourth-order valence-electron chi connectivity index (χ4n) is 3.92. The van der Waals surface area contributed by atoms with Gasteiger partial charge in [-0.1, -0.05) is 48.5 Å². The first-order chi connectivity index (χ1) is 14.7. The van der Waals surface area contributed by atoms with Crippen molar-refractivity contribution in [1.82, 2.24) is 14.9 Å². The highest BCUT2D eigenvalue weighted by Gasteiger charge is 2.32. The quantitative estimate of drug-likeness (QED) is 0.530. The molecule has 5 rings (SSSR count). The van der Waals surface area contributed by atoms with E-state index in [2.05, 4.69) is 10.3 Å². The molecule has 5 heteroatoms. The molecule has 0 saturated carbocycles. The number of nitrogens with one attached hydrogen (secondary N) is 1. The van der Waals surface area contributed by atoms with Crippen molar-refractivity contribution in [1.29, 1.82) is 0 Å². The van der Waals surface area contributed by atoms with Crippen LogP contribution in [0.3, 0.4) is 0 Å². The van der Waals surface area contributed by atoms with E-state index in [1.165, 1.54) is 0 Å². The summed E-state index contributed by atoms with van der Waals surface area (Å²) >= 11 is 0. The minimum Gasteiger partial charge on any atom is -0.457 e. The van der Waals surface area contributed by atoms with Crippen LogP contribution in [0.5, 0.6) is 11.5 Å². The van der Waals surface area contributed by atoms with Crippen molar-refractivity contribution in [3.05, 3.63) is 108 Å². The number of fused-ring (bicyclic) bond motifs is 2. The molecule has 148 valence electrons. The van der Waals surface area contributed by atoms with Crippen molar-refractivity contribution in [3.8, 4) is 17.2 Å². The van der Waals surface area contributed by atoms with Gasteiger partial charge in [0.25, 0.3) is 0 Å². The zero-order chi connectivity index (χ0) is 20.5. The number of nitrogens with zero attached hydrogens (tertiary/aromatic N) is 2. The maximum atomic E-state index is 13.4. The number of carbonyl (C=O) groups is 1. The molecule has 1 N–H and O–H groups in total. The first-order valence-corrected chi connectivity index (χ1v) is 9.95. The monoisotopic (exact) mass is 395 g/mol. The van der Waals surface area contributed by atoms with E-state index in [1.807, 2.05) is 90.5 Å². The SMILES string of the molecule is CC(NC(=O)C1c2ccccc2Oc2ccccc21)c1ccc(-n2ccnc2)cc1. The van der Waals surface area contributed by atoms with Crippen molar-refractivity contribution in [3.63, 3.8) is 0 Å². The number of benzene rings is 3. The lowest BCUT2D eigenvalue weighted by atomic mass is 9.87. The molecule has 0 bridgehead atoms. The summed E-state index contributed by atoms with van der Waals surface area (Å²) in [5.74, 6) is 1.02. The molecule has 5 nitrogen and oxygen atoms in total. The van der Waals surface area contributed by atoms with Gasteiger partial charge in [0, 0.05) is 29.2 Å². The van der Waals surface area contributed by atoms with E-state index in [9.17, 15) is 4.79 Å². The number of aromatic nitrogens is 2. The second-order valence-electron chi connectivity index (χ2n) is 7.40. The molecule has 0 radical (unpaired) electrons. The van der Waals surface area contributed by atoms with Gasteiger partial charge < -0.3 is 14.6 Å². The number of carbonyl (C=O) groups excluding carboxylic acids is 1. The van der Waals surface area contributed by atoms with Crippen LogP contribution in [0.25, 0.3) is 5.69 Å². The Kier molecular flexibility index (Phi) is 4.56. The Morgan fingerprint density at radius 2 is 1.60 bits per heavy atom. The number of hydrogen-bond acceptors (Lipinski definition) is 3. The maximum Gasteiger partial charge on any atom is 0.232 e. The number of ether oxygens (including phenoxy) is 1. The highest BCUT2D eigenvalue weighted by molar-refractivity contribution is 5.90. The number of para-hydroxylation sites is 2. The number of amides is 1. The Labute approximate surface area is 175 Å². The lowest BCUT2D eigenvalue weighted by molar-refractivity contribution is -0.122. The van der Waals surface area contributed by atoms with E-state index in [0.29, 0.717) is 0 Å². The van der Waals surface area contributed by atoms with Gasteiger partial charge in [-0.25, -0.2) is 4.98 Å². The Morgan fingerprint density at radius 1 is 0.967 bits per heavy atom. The number of imidazole rings is 1. The van der Waals surface area contributed by atoms with Crippen LogP contribution in [0.15, 0.2) is 91.5 Å². The second kappa shape index (κ2) is 7.52. The molecule has 4 aromatic rings. The topological polar surface area (TPSA) is 56.1 Å². The predicted molar refractivity (Wildman–Crippen MR) is 115 cm³/mol. The molecular weight excluding hydrogens is 374 g/mol. The fraction of sp³-hybridized carbons (Fsp3) is 0.120. The summed E-state index contributed by atoms with van der Waals surface area (Å²) in [7, 11) is 0. The highest BCUT2D eigenvalue weighted by atomic mass is 16.5. The van der Waals surface area contributed by atoms with Crippen LogP contribution in [0.4, 0.5) is 0 Å². The predicted octanol–water partition coefficient (Wildman–Crippen LogP) is 4.99. The average Bonchev–Trinajstić information content (AvgIpc) is 3.32. The Hall–Kier alpha value is -3.86. The third-order valence-electron chi connectivity index (χ3n) is 5.50. The normalized spacial score (nSPS) is 13.6. The number of hydrogen-bond donors (Lipinski definition) is 1. The summed E-state index contributed by atoms with van der Waals surface area (Å²) in [6.45, 7) is 2.00. The van der Waals surface area contributed by atoms with E-state index in [-0.39, 0.29) is 11.9 Å². The molecule has 1 aromatic heterocycles. The first kappa shape index (κ1) is 18.2. The molecule has 1 atom stereocenters. The van der Waals surface area contributed by atoms with Crippen molar-refractivity contribution in [2.24, 2.45) is 0 Å². The molecule has 1 aliphatic rings. The largest absolute Gasteiger partial charge is 0.457 e. The van der Waals surface area contributed by atoms with Gasteiger partial charge in [-0.15, -0.1) is 0 Å². The van der Waals surface area contributed by atoms with E-state index < -0.39 is 5.92 Å². The Morgan fingerprint density at radius 3 is 2.20 bits per heavy atom. The molecule has 3 aromatic carbocycles. The van der Waals surface area contributed by atoms with Gasteiger partial charge in [0.15, 0.2) is 0 Å². The van der Waals surface area contributed by atoms with E-state index in [4.69, 9.17) is 4.74 Å². The summed E-state index contributed by atoms with van der Waals surface area (Å²) in [4.78, 5) is 17.5. The summed E-state index contributed by atoms with van der Waals surface area (Å²) in [5.41, 5.74) is 3.84. The molecule has 0 spiro atoms. The summed E-state index contributed by atoms with van der Waals surface area (Å²) < 4.78 is 7.96. The Bertz CT molecular complexity index is 1140. The maximum absolute atomic E-state index is 13.4. The molecule has 1 amide bonds. The molecule has 1 unspecified atom stereocenters. The molecular formula is C25H21N3O2. The van der Waals surface area contributed by atoms with E-state index in [0.717, 1.165) is 33.9 Å². The van der Waals surface area contributed by atoms with Gasteiger partial charge in [-0.05, 0) is 36.8 Å². The van der Waals surface area contributed by atoms with Crippen LogP contribution >= 0.6 is 0 Å². The minimum atomic E-state index is -0.404. The highest BCUT2D eigenvalue weighted by Crippen LogP contribution is 2.44. The molecule has 0 saturated heterocycles. The second-order valence-corrected chi connectivity index (χ2v) is 7.40. The van der Waals surface area contributed by atoms with Crippen LogP contribution in [0.2, 0.25) is 0 Å². The number of rotatable bonds is 4. The third kappa shape index (κ3) is 3.24. The summed E-state index contributed by atoms with van der Waals surface area (Å²) in [6, 6.07) is 23.4. The van der Waals surface area contributed by atoms with Gasteiger partial charge in [0.1, 0.15) is 11.5 Å². The fourth-order valence-corrected chi connectivity index (χ4v) is 3.92. The van der Waals surface area contributed by atoms with Gasteiger partial charge in [-0.2, -0.15) is 0 Å². The zero-order valence-electron chi connectivity index (χ0n) is 16.5. The van der Waals surface area contributed by atoms with Crippen LogP contribution in [-0.2, 0) is 4.79 Å². The molecule has 1 aliphatic heterocycles. The molecule has 30 heavy (non-hydrogen) atoms. The van der Waals surface area contributed by atoms with Crippen molar-refractivity contribution < 1.29 is 9.53 Å². The van der Waals surface area contributed by atoms with Crippen LogP contribution < -0.4 is 10.1 Å². The van der Waals surface area contributed by atoms with E-state index >= 15 is 0 Å². The van der Waals surface area contributed by atoms with Gasteiger partial charge >= 0.3 is 0 Å². The van der Waals surface area contributed by atoms with Gasteiger partial charge in [0.2, 0.25) is 5.91 Å². The molecule has 0 aliphatic carbocycles. The average molecular weight is 395 g/mol. The standard InChI is InChI=1S/C25H21N3O2/c1-17(18-10-12-19(13-11-18)28-15-14-26-16-28)27-25(29)24-20-6-2-4-8-22(20)30-23-9-5-3-7-21(23)24/h2-17,24H,1H3,(H,27,29). The zero-order valence-corrected chi connectivity index (χ0v) is 16.5. The summed E-state index contributed by atoms with van der Waals surface area (Å²) in [5, 5.41) is 3.19. The van der Waals surface area contributed by atoms with Crippen molar-refractivity contribution in [2.45, 2.75) is 18.9 Å². The van der Waals surface area contributed by atoms with Crippen LogP contribution in [-0.4, -0.2) is 15.5 Å². The summed E-state index contributed by atoms with van der Waals surface area (Å²) in [6.07, 6.45) is 5.42. The molecule has 2 heterocycles. The first-order valence-electron chi connectivity index (χ1n) is 9.95. The van der Waals surface area contributed by atoms with E-state index in [1.54, 1.807) is 12.5 Å². The molecule has 0 fully saturated rings. The minimum absolute atomic E-state index is 0.0376. The van der Waals surface area contributed by atoms with Crippen molar-refractivity contribution >= 4 is 5.91 Å².